The van der Waals surface area contributed by atoms with E-state index in [1.54, 1.807) is 7.05 Å². The van der Waals surface area contributed by atoms with Crippen LogP contribution in [-0.2, 0) is 27.0 Å². The average molecular weight is 564 g/mol. The minimum absolute atomic E-state index is 0.00122. The number of benzene rings is 1. The maximum atomic E-state index is 14.6. The minimum atomic E-state index is -4.82. The zero-order chi connectivity index (χ0) is 29.4. The van der Waals surface area contributed by atoms with Gasteiger partial charge in [0, 0.05) is 29.0 Å². The summed E-state index contributed by atoms with van der Waals surface area (Å²) in [5.74, 6) is -9.19. The van der Waals surface area contributed by atoms with E-state index in [1.165, 1.54) is 19.0 Å². The average Bonchev–Trinajstić information content (AvgIpc) is 3.13. The molecule has 13 heteroatoms. The zero-order valence-corrected chi connectivity index (χ0v) is 21.8. The summed E-state index contributed by atoms with van der Waals surface area (Å²) in [6.07, 6.45) is -5.04. The number of alkyl halides is 3. The third-order valence-corrected chi connectivity index (χ3v) is 9.57. The van der Waals surface area contributed by atoms with Crippen LogP contribution >= 0.6 is 0 Å². The van der Waals surface area contributed by atoms with Crippen molar-refractivity contribution in [3.63, 3.8) is 0 Å². The van der Waals surface area contributed by atoms with Crippen molar-refractivity contribution in [3.05, 3.63) is 44.7 Å². The van der Waals surface area contributed by atoms with Crippen molar-refractivity contribution in [3.8, 4) is 5.75 Å². The Morgan fingerprint density at radius 2 is 1.80 bits per heavy atom. The molecule has 4 aliphatic carbocycles. The van der Waals surface area contributed by atoms with Crippen LogP contribution in [-0.4, -0.2) is 87.0 Å². The smallest absolute Gasteiger partial charge is 0.416 e. The largest absolute Gasteiger partial charge is 0.508 e. The van der Waals surface area contributed by atoms with Gasteiger partial charge in [0.1, 0.15) is 22.8 Å². The fourth-order valence-corrected chi connectivity index (χ4v) is 8.00. The first-order valence-electron chi connectivity index (χ1n) is 12.9. The van der Waals surface area contributed by atoms with Gasteiger partial charge in [-0.3, -0.25) is 24.2 Å². The fraction of sp³-hybridized carbons (Fsp3) is 0.519. The van der Waals surface area contributed by atoms with Crippen LogP contribution in [0.4, 0.5) is 13.2 Å². The second-order valence-electron chi connectivity index (χ2n) is 11.7. The zero-order valence-electron chi connectivity index (χ0n) is 21.8. The molecule has 1 aromatic rings. The number of hydrogen-bond acceptors (Lipinski definition) is 9. The van der Waals surface area contributed by atoms with Crippen LogP contribution in [0.5, 0.6) is 5.75 Å². The van der Waals surface area contributed by atoms with Gasteiger partial charge in [-0.2, -0.15) is 13.2 Å². The lowest BCUT2D eigenvalue weighted by molar-refractivity contribution is -0.153. The molecule has 40 heavy (non-hydrogen) atoms. The second-order valence-corrected chi connectivity index (χ2v) is 11.7. The van der Waals surface area contributed by atoms with Crippen LogP contribution in [0.1, 0.15) is 52.6 Å². The first kappa shape index (κ1) is 26.8. The molecule has 2 unspecified atom stereocenters. The number of nitrogens with two attached hydrogens (primary N) is 1. The van der Waals surface area contributed by atoms with Crippen LogP contribution in [0.2, 0.25) is 0 Å². The second kappa shape index (κ2) is 8.08. The number of aliphatic hydroxyl groups is 3. The van der Waals surface area contributed by atoms with E-state index in [0.29, 0.717) is 13.0 Å². The van der Waals surface area contributed by atoms with E-state index in [0.717, 1.165) is 0 Å². The van der Waals surface area contributed by atoms with Crippen molar-refractivity contribution in [2.24, 2.45) is 17.6 Å². The lowest BCUT2D eigenvalue weighted by Crippen LogP contribution is -2.65. The highest BCUT2D eigenvalue weighted by atomic mass is 19.4. The number of likely N-dealkylation sites (tertiary alicyclic amines) is 1. The van der Waals surface area contributed by atoms with Crippen molar-refractivity contribution in [2.45, 2.75) is 49.0 Å². The summed E-state index contributed by atoms with van der Waals surface area (Å²) in [6.45, 7) is 0.516. The number of fused-ring (bicyclic) bond motifs is 7. The van der Waals surface area contributed by atoms with Crippen LogP contribution in [0.25, 0.3) is 5.76 Å². The van der Waals surface area contributed by atoms with E-state index >= 15 is 0 Å². The Morgan fingerprint density at radius 1 is 1.15 bits per heavy atom. The number of carbonyl (C=O) groups is 3. The van der Waals surface area contributed by atoms with Gasteiger partial charge in [0.05, 0.1) is 17.2 Å². The molecule has 10 nitrogen and oxygen atoms in total. The van der Waals surface area contributed by atoms with Crippen LogP contribution in [0, 0.1) is 11.8 Å². The number of hydrogen-bond donors (Lipinski definition) is 5. The summed E-state index contributed by atoms with van der Waals surface area (Å²) in [7, 11) is 4.62. The van der Waals surface area contributed by atoms with E-state index in [4.69, 9.17) is 5.73 Å². The van der Waals surface area contributed by atoms with Crippen LogP contribution in [0.3, 0.4) is 0 Å². The van der Waals surface area contributed by atoms with Gasteiger partial charge in [0.25, 0.3) is 5.91 Å². The molecule has 5 aliphatic rings. The van der Waals surface area contributed by atoms with Gasteiger partial charge in [-0.1, -0.05) is 0 Å². The number of primary amides is 1. The Balaban J connectivity index is 1.61. The first-order chi connectivity index (χ1) is 18.5. The van der Waals surface area contributed by atoms with Crippen molar-refractivity contribution >= 4 is 23.2 Å². The highest BCUT2D eigenvalue weighted by Gasteiger charge is 2.65. The number of carbonyl (C=O) groups excluding carboxylic acids is 3. The number of Topliss-reactive ketones (excluding diaryl/α,β-unsaturated/α-hetero) is 2. The molecule has 6 N–H and O–H groups in total. The number of nitrogens with zero attached hydrogens (tertiary/aromatic N) is 2. The molecule has 0 bridgehead atoms. The molecular formula is C27H28F3N3O7. The molecule has 0 spiro atoms. The van der Waals surface area contributed by atoms with E-state index in [1.807, 2.05) is 4.90 Å². The summed E-state index contributed by atoms with van der Waals surface area (Å²) in [6, 6.07) is -1.80. The molecule has 1 saturated heterocycles. The molecule has 1 amide bonds. The van der Waals surface area contributed by atoms with Gasteiger partial charge in [-0.05, 0) is 64.0 Å². The predicted octanol–water partition coefficient (Wildman–Crippen LogP) is 1.46. The van der Waals surface area contributed by atoms with Crippen molar-refractivity contribution in [1.82, 2.24) is 9.80 Å². The van der Waals surface area contributed by atoms with E-state index in [2.05, 4.69) is 0 Å². The van der Waals surface area contributed by atoms with E-state index < -0.39 is 105 Å². The molecule has 214 valence electrons. The topological polar surface area (TPSA) is 165 Å². The lowest BCUT2D eigenvalue weighted by atomic mass is 9.56. The molecule has 2 fully saturated rings. The highest BCUT2D eigenvalue weighted by Crippen LogP contribution is 2.64. The maximum Gasteiger partial charge on any atom is 0.416 e. The number of phenolic OH excluding ortho intramolecular Hbond substituents is 1. The van der Waals surface area contributed by atoms with Gasteiger partial charge in [-0.25, -0.2) is 0 Å². The highest BCUT2D eigenvalue weighted by molar-refractivity contribution is 6.24. The molecule has 6 atom stereocenters. The van der Waals surface area contributed by atoms with Crippen molar-refractivity contribution < 1.29 is 48.0 Å². The minimum Gasteiger partial charge on any atom is -0.508 e. The van der Waals surface area contributed by atoms with Crippen molar-refractivity contribution in [1.29, 1.82) is 0 Å². The number of likely N-dealkylation sites (N-methyl/N-ethyl adjacent to an activating group) is 2. The summed E-state index contributed by atoms with van der Waals surface area (Å²) in [5, 5.41) is 45.2. The van der Waals surface area contributed by atoms with E-state index in [9.17, 15) is 48.0 Å². The van der Waals surface area contributed by atoms with E-state index in [-0.39, 0.29) is 23.1 Å². The lowest BCUT2D eigenvalue weighted by Gasteiger charge is -2.50. The molecule has 6 rings (SSSR count). The Hall–Kier alpha value is -3.42. The SMILES string of the molecule is CN1CCC2c3c(c(O)c4c(c3C(F)(F)F)C[C@H]3C[C@H]5[C@H](N(C)C)C(=O)C(C(N)=O)=C(O)[C@@]5(O)C(=O)C3=C4O)C21. The summed E-state index contributed by atoms with van der Waals surface area (Å²) < 4.78 is 43.9. The maximum absolute atomic E-state index is 14.6. The number of phenols is 1. The summed E-state index contributed by atoms with van der Waals surface area (Å²) in [5.41, 5.74) is -0.750. The molecule has 1 aromatic carbocycles. The fourth-order valence-electron chi connectivity index (χ4n) is 8.00. The van der Waals surface area contributed by atoms with Crippen LogP contribution < -0.4 is 5.73 Å². The molecular weight excluding hydrogens is 535 g/mol. The van der Waals surface area contributed by atoms with Gasteiger partial charge in [0.2, 0.25) is 5.78 Å². The number of aliphatic hydroxyl groups excluding tert-OH is 2. The molecule has 1 heterocycles. The van der Waals surface area contributed by atoms with Gasteiger partial charge < -0.3 is 26.2 Å². The van der Waals surface area contributed by atoms with Crippen LogP contribution in [0.15, 0.2) is 16.9 Å². The standard InChI is InChI=1S/C27H28F3N3O7/c1-32(2)19-11-7-8-6-10-14(20(34)12(8)23(37)26(11,40)24(38)16(22(19)36)25(31)39)21(35)15-13(17(10)27(28,29)30)9-4-5-33(3)18(9)15/h8-9,11,18-19,34-35,38,40H,4-7H2,1-3H3,(H2,31,39)/t8-,9?,11-,18?,19-,26-/m0/s1. The Morgan fingerprint density at radius 3 is 2.38 bits per heavy atom. The third kappa shape index (κ3) is 3.02. The number of amides is 1. The molecule has 1 aliphatic heterocycles. The molecule has 0 aromatic heterocycles. The third-order valence-electron chi connectivity index (χ3n) is 9.57. The monoisotopic (exact) mass is 563 g/mol. The predicted molar refractivity (Wildman–Crippen MR) is 132 cm³/mol. The van der Waals surface area contributed by atoms with Gasteiger partial charge in [0.15, 0.2) is 11.4 Å². The summed E-state index contributed by atoms with van der Waals surface area (Å²) >= 11 is 0. The number of aromatic hydroxyl groups is 1. The normalized spacial score (nSPS) is 33.4. The van der Waals surface area contributed by atoms with Crippen molar-refractivity contribution in [2.75, 3.05) is 27.7 Å². The Labute approximate surface area is 226 Å². The summed E-state index contributed by atoms with van der Waals surface area (Å²) in [4.78, 5) is 42.3. The van der Waals surface area contributed by atoms with Gasteiger partial charge >= 0.3 is 6.18 Å². The Kier molecular flexibility index (Phi) is 5.41. The number of rotatable bonds is 2. The Bertz CT molecular complexity index is 1500. The number of ketones is 2. The van der Waals surface area contributed by atoms with Gasteiger partial charge in [-0.15, -0.1) is 0 Å². The molecule has 1 saturated carbocycles. The quantitative estimate of drug-likeness (QED) is 0.335. The number of halogens is 3. The first-order valence-corrected chi connectivity index (χ1v) is 12.9. The molecule has 0 radical (unpaired) electrons.